The number of aromatic nitrogens is 2. The molecule has 2 aliphatic heterocycles. The molecule has 34 heavy (non-hydrogen) atoms. The normalized spacial score (nSPS) is 17.4. The van der Waals surface area contributed by atoms with Crippen molar-refractivity contribution in [3.63, 3.8) is 0 Å². The van der Waals surface area contributed by atoms with E-state index < -0.39 is 23.5 Å². The molecule has 0 unspecified atom stereocenters. The van der Waals surface area contributed by atoms with Crippen molar-refractivity contribution >= 4 is 17.5 Å². The van der Waals surface area contributed by atoms with Crippen LogP contribution in [-0.4, -0.2) is 46.7 Å². The highest BCUT2D eigenvalue weighted by Crippen LogP contribution is 2.38. The number of carbonyl (C=O) groups excluding carboxylic acids is 2. The lowest BCUT2D eigenvalue weighted by Gasteiger charge is -2.33. The molecule has 0 bridgehead atoms. The summed E-state index contributed by atoms with van der Waals surface area (Å²) in [5.41, 5.74) is 3.05. The molecular formula is C24H21F3N4O3. The molecule has 0 saturated heterocycles. The maximum atomic E-state index is 13.9. The van der Waals surface area contributed by atoms with E-state index in [0.717, 1.165) is 17.7 Å². The molecule has 10 heteroatoms. The molecule has 0 aliphatic carbocycles. The Balaban J connectivity index is 1.47. The minimum atomic E-state index is -1.52. The quantitative estimate of drug-likeness (QED) is 0.537. The Morgan fingerprint density at radius 2 is 1.82 bits per heavy atom. The van der Waals surface area contributed by atoms with Gasteiger partial charge in [-0.05, 0) is 43.7 Å². The summed E-state index contributed by atoms with van der Waals surface area (Å²) in [6.07, 6.45) is 0.411. The van der Waals surface area contributed by atoms with Crippen LogP contribution in [0.1, 0.15) is 34.6 Å². The number of amides is 2. The van der Waals surface area contributed by atoms with Gasteiger partial charge in [-0.15, -0.1) is 0 Å². The van der Waals surface area contributed by atoms with E-state index in [1.54, 1.807) is 37.2 Å². The maximum absolute atomic E-state index is 13.9. The molecule has 0 radical (unpaired) electrons. The van der Waals surface area contributed by atoms with Gasteiger partial charge in [-0.25, -0.2) is 13.2 Å². The number of rotatable bonds is 2. The summed E-state index contributed by atoms with van der Waals surface area (Å²) in [4.78, 5) is 28.3. The molecular weight excluding hydrogens is 449 g/mol. The number of anilines is 1. The molecule has 0 fully saturated rings. The fourth-order valence-electron chi connectivity index (χ4n) is 4.65. The number of nitrogens with zero attached hydrogens (tertiary/aromatic N) is 4. The van der Waals surface area contributed by atoms with Gasteiger partial charge < -0.3 is 14.5 Å². The van der Waals surface area contributed by atoms with Gasteiger partial charge in [0.05, 0.1) is 23.1 Å². The minimum absolute atomic E-state index is 0.0914. The summed E-state index contributed by atoms with van der Waals surface area (Å²) in [6, 6.07) is 6.44. The summed E-state index contributed by atoms with van der Waals surface area (Å²) < 4.78 is 48.2. The number of aryl methyl sites for hydroxylation is 1. The number of carbonyl (C=O) groups is 2. The molecule has 7 nitrogen and oxygen atoms in total. The minimum Gasteiger partial charge on any atom is -0.482 e. The van der Waals surface area contributed by atoms with E-state index in [9.17, 15) is 22.8 Å². The predicted octanol–water partition coefficient (Wildman–Crippen LogP) is 3.62. The first-order chi connectivity index (χ1) is 16.2. The maximum Gasteiger partial charge on any atom is 0.264 e. The van der Waals surface area contributed by atoms with Crippen molar-refractivity contribution < 1.29 is 27.5 Å². The Bertz CT molecular complexity index is 1330. The fraction of sp³-hybridized carbons (Fsp3) is 0.292. The topological polar surface area (TPSA) is 67.7 Å². The molecule has 2 amide bonds. The van der Waals surface area contributed by atoms with Crippen molar-refractivity contribution in [2.75, 3.05) is 25.1 Å². The molecule has 3 aromatic rings. The first-order valence-electron chi connectivity index (χ1n) is 10.7. The first-order valence-corrected chi connectivity index (χ1v) is 10.7. The first kappa shape index (κ1) is 22.0. The Hall–Kier alpha value is -3.82. The number of hydrogen-bond donors (Lipinski definition) is 0. The summed E-state index contributed by atoms with van der Waals surface area (Å²) >= 11 is 0. The van der Waals surface area contributed by atoms with Crippen LogP contribution in [0.3, 0.4) is 0 Å². The molecule has 3 heterocycles. The fourth-order valence-corrected chi connectivity index (χ4v) is 4.65. The second-order valence-corrected chi connectivity index (χ2v) is 8.44. The highest BCUT2D eigenvalue weighted by Gasteiger charge is 2.34. The van der Waals surface area contributed by atoms with Gasteiger partial charge in [-0.3, -0.25) is 14.3 Å². The van der Waals surface area contributed by atoms with Crippen molar-refractivity contribution in [2.24, 2.45) is 7.05 Å². The van der Waals surface area contributed by atoms with E-state index in [2.05, 4.69) is 5.10 Å². The van der Waals surface area contributed by atoms with E-state index in [1.165, 1.54) is 9.58 Å². The lowest BCUT2D eigenvalue weighted by atomic mass is 9.95. The van der Waals surface area contributed by atoms with E-state index in [1.807, 2.05) is 6.92 Å². The van der Waals surface area contributed by atoms with Gasteiger partial charge >= 0.3 is 0 Å². The van der Waals surface area contributed by atoms with Crippen LogP contribution < -0.4 is 9.64 Å². The van der Waals surface area contributed by atoms with Gasteiger partial charge in [-0.1, -0.05) is 0 Å². The summed E-state index contributed by atoms with van der Waals surface area (Å²) in [5, 5.41) is 4.52. The second-order valence-electron chi connectivity index (χ2n) is 8.44. The smallest absolute Gasteiger partial charge is 0.264 e. The van der Waals surface area contributed by atoms with E-state index >= 15 is 0 Å². The van der Waals surface area contributed by atoms with Crippen LogP contribution in [0.15, 0.2) is 30.3 Å². The van der Waals surface area contributed by atoms with Crippen molar-refractivity contribution in [3.8, 4) is 17.0 Å². The zero-order valence-corrected chi connectivity index (χ0v) is 18.7. The zero-order valence-electron chi connectivity index (χ0n) is 18.7. The Morgan fingerprint density at radius 3 is 2.53 bits per heavy atom. The second kappa shape index (κ2) is 7.89. The summed E-state index contributed by atoms with van der Waals surface area (Å²) in [7, 11) is 3.29. The van der Waals surface area contributed by atoms with Crippen LogP contribution in [-0.2, 0) is 18.3 Å². The Labute approximate surface area is 193 Å². The van der Waals surface area contributed by atoms with Crippen molar-refractivity contribution in [2.45, 2.75) is 19.4 Å². The Morgan fingerprint density at radius 1 is 1.12 bits per heavy atom. The molecule has 2 aromatic carbocycles. The number of hydrogen-bond acceptors (Lipinski definition) is 4. The standard InChI is InChI=1S/C24H21F3N4O3/c1-12-22-15(23(30(3)28-22)14-8-16(25)21(27)17(26)9-14)6-7-31(12)24(33)13-4-5-18-19(10-13)34-11-20(32)29(18)2/h4-5,8-10,12H,6-7,11H2,1-3H3/t12-/m0/s1. The third-order valence-corrected chi connectivity index (χ3v) is 6.45. The van der Waals surface area contributed by atoms with Crippen LogP contribution in [0.5, 0.6) is 5.75 Å². The van der Waals surface area contributed by atoms with Gasteiger partial charge in [0, 0.05) is 37.3 Å². The largest absolute Gasteiger partial charge is 0.482 e. The number of ether oxygens (including phenoxy) is 1. The molecule has 0 spiro atoms. The SMILES string of the molecule is C[C@H]1c2nn(C)c(-c3cc(F)c(F)c(F)c3)c2CCN1C(=O)c1ccc2c(c1)OCC(=O)N2C. The monoisotopic (exact) mass is 470 g/mol. The molecule has 176 valence electrons. The highest BCUT2D eigenvalue weighted by atomic mass is 19.2. The van der Waals surface area contributed by atoms with Gasteiger partial charge in [0.15, 0.2) is 24.1 Å². The van der Waals surface area contributed by atoms with E-state index in [0.29, 0.717) is 41.4 Å². The molecule has 2 aliphatic rings. The van der Waals surface area contributed by atoms with Crippen LogP contribution in [0.2, 0.25) is 0 Å². The molecule has 1 atom stereocenters. The van der Waals surface area contributed by atoms with Crippen LogP contribution in [0.25, 0.3) is 11.3 Å². The number of fused-ring (bicyclic) bond motifs is 2. The molecule has 0 N–H and O–H groups in total. The van der Waals surface area contributed by atoms with Crippen molar-refractivity contribution in [3.05, 3.63) is 64.6 Å². The number of likely N-dealkylation sites (N-methyl/N-ethyl adjacent to an activating group) is 1. The van der Waals surface area contributed by atoms with Crippen molar-refractivity contribution in [1.29, 1.82) is 0 Å². The number of benzene rings is 2. The van der Waals surface area contributed by atoms with E-state index in [4.69, 9.17) is 4.74 Å². The lowest BCUT2D eigenvalue weighted by molar-refractivity contribution is -0.120. The zero-order chi connectivity index (χ0) is 24.3. The predicted molar refractivity (Wildman–Crippen MR) is 117 cm³/mol. The van der Waals surface area contributed by atoms with Crippen LogP contribution >= 0.6 is 0 Å². The van der Waals surface area contributed by atoms with Gasteiger partial charge in [0.25, 0.3) is 11.8 Å². The summed E-state index contributed by atoms with van der Waals surface area (Å²) in [6.45, 7) is 2.10. The van der Waals surface area contributed by atoms with Gasteiger partial charge in [0.1, 0.15) is 5.75 Å². The average Bonchev–Trinajstić information content (AvgIpc) is 3.16. The van der Waals surface area contributed by atoms with Crippen LogP contribution in [0.4, 0.5) is 18.9 Å². The molecule has 1 aromatic heterocycles. The van der Waals surface area contributed by atoms with Gasteiger partial charge in [-0.2, -0.15) is 5.10 Å². The molecule has 5 rings (SSSR count). The number of halogens is 3. The Kier molecular flexibility index (Phi) is 5.11. The third-order valence-electron chi connectivity index (χ3n) is 6.45. The average molecular weight is 470 g/mol. The highest BCUT2D eigenvalue weighted by molar-refractivity contribution is 6.00. The van der Waals surface area contributed by atoms with Crippen molar-refractivity contribution in [1.82, 2.24) is 14.7 Å². The van der Waals surface area contributed by atoms with Gasteiger partial charge in [0.2, 0.25) is 0 Å². The lowest BCUT2D eigenvalue weighted by Crippen LogP contribution is -2.39. The third kappa shape index (κ3) is 3.32. The molecule has 0 saturated carbocycles. The van der Waals surface area contributed by atoms with E-state index in [-0.39, 0.29) is 24.0 Å². The summed E-state index contributed by atoms with van der Waals surface area (Å²) in [5.74, 6) is -4.00. The van der Waals surface area contributed by atoms with Crippen LogP contribution in [0, 0.1) is 17.5 Å².